The number of aryl methyl sites for hydroxylation is 1. The van der Waals surface area contributed by atoms with Crippen LogP contribution in [0.1, 0.15) is 24.8 Å². The summed E-state index contributed by atoms with van der Waals surface area (Å²) in [7, 11) is 0. The van der Waals surface area contributed by atoms with E-state index < -0.39 is 12.8 Å². The van der Waals surface area contributed by atoms with Gasteiger partial charge in [0, 0.05) is 18.4 Å². The number of nitrogens with zero attached hydrogens (tertiary/aromatic N) is 1. The van der Waals surface area contributed by atoms with Gasteiger partial charge in [-0.25, -0.2) is 0 Å². The van der Waals surface area contributed by atoms with Crippen molar-refractivity contribution in [3.05, 3.63) is 23.8 Å². The molecule has 0 bridgehead atoms. The molecule has 0 aliphatic heterocycles. The van der Waals surface area contributed by atoms with Gasteiger partial charge in [-0.05, 0) is 37.5 Å². The minimum Gasteiger partial charge on any atom is -0.482 e. The molecule has 0 spiro atoms. The number of hydrogen-bond acceptors (Lipinski definition) is 3. The van der Waals surface area contributed by atoms with E-state index in [4.69, 9.17) is 10.00 Å². The highest BCUT2D eigenvalue weighted by Gasteiger charge is 2.42. The van der Waals surface area contributed by atoms with E-state index in [2.05, 4.69) is 11.4 Å². The van der Waals surface area contributed by atoms with E-state index in [1.807, 2.05) is 6.92 Å². The minimum absolute atomic E-state index is 0.0280. The van der Waals surface area contributed by atoms with Crippen LogP contribution >= 0.6 is 0 Å². The van der Waals surface area contributed by atoms with Crippen LogP contribution in [0.4, 0.5) is 18.9 Å². The molecule has 1 N–H and O–H groups in total. The zero-order chi connectivity index (χ0) is 15.5. The molecule has 1 aromatic rings. The Morgan fingerprint density at radius 1 is 1.38 bits per heavy atom. The molecule has 0 unspecified atom stereocenters. The number of anilines is 1. The van der Waals surface area contributed by atoms with Crippen molar-refractivity contribution in [2.45, 2.75) is 32.4 Å². The molecule has 3 nitrogen and oxygen atoms in total. The van der Waals surface area contributed by atoms with E-state index in [1.54, 1.807) is 12.1 Å². The van der Waals surface area contributed by atoms with Crippen LogP contribution in [0.15, 0.2) is 18.2 Å². The maximum Gasteiger partial charge on any atom is 0.422 e. The van der Waals surface area contributed by atoms with Crippen LogP contribution in [0.2, 0.25) is 0 Å². The second-order valence-corrected chi connectivity index (χ2v) is 5.59. The molecule has 0 saturated heterocycles. The van der Waals surface area contributed by atoms with Crippen LogP contribution in [0.3, 0.4) is 0 Å². The van der Waals surface area contributed by atoms with Gasteiger partial charge in [-0.1, -0.05) is 6.07 Å². The lowest BCUT2D eigenvalue weighted by Crippen LogP contribution is -2.20. The first-order valence-corrected chi connectivity index (χ1v) is 6.75. The molecule has 1 saturated carbocycles. The second-order valence-electron chi connectivity index (χ2n) is 5.59. The molecule has 1 aliphatic rings. The topological polar surface area (TPSA) is 45.0 Å². The zero-order valence-corrected chi connectivity index (χ0v) is 11.8. The summed E-state index contributed by atoms with van der Waals surface area (Å²) < 4.78 is 41.6. The predicted octanol–water partition coefficient (Wildman–Crippen LogP) is 4.04. The SMILES string of the molecule is Cc1ccc(OCC(F)(F)F)c(NCC2(CC#N)CC2)c1. The molecule has 21 heavy (non-hydrogen) atoms. The van der Waals surface area contributed by atoms with Crippen LogP contribution in [0, 0.1) is 23.7 Å². The normalized spacial score (nSPS) is 16.1. The van der Waals surface area contributed by atoms with Gasteiger partial charge in [0.25, 0.3) is 0 Å². The van der Waals surface area contributed by atoms with Gasteiger partial charge in [0.2, 0.25) is 0 Å². The van der Waals surface area contributed by atoms with Crippen molar-refractivity contribution < 1.29 is 17.9 Å². The number of nitrogens with one attached hydrogen (secondary N) is 1. The summed E-state index contributed by atoms with van der Waals surface area (Å²) in [6, 6.07) is 7.16. The van der Waals surface area contributed by atoms with Crippen molar-refractivity contribution in [1.29, 1.82) is 5.26 Å². The Morgan fingerprint density at radius 3 is 2.67 bits per heavy atom. The zero-order valence-electron chi connectivity index (χ0n) is 11.8. The lowest BCUT2D eigenvalue weighted by atomic mass is 10.0. The van der Waals surface area contributed by atoms with E-state index >= 15 is 0 Å². The Kier molecular flexibility index (Phi) is 4.31. The molecule has 0 heterocycles. The fourth-order valence-corrected chi connectivity index (χ4v) is 2.11. The second kappa shape index (κ2) is 5.84. The van der Waals surface area contributed by atoms with Gasteiger partial charge in [0.1, 0.15) is 5.75 Å². The van der Waals surface area contributed by atoms with Crippen molar-refractivity contribution in [2.75, 3.05) is 18.5 Å². The molecule has 114 valence electrons. The Labute approximate surface area is 121 Å². The smallest absolute Gasteiger partial charge is 0.422 e. The Morgan fingerprint density at radius 2 is 2.10 bits per heavy atom. The van der Waals surface area contributed by atoms with Crippen molar-refractivity contribution >= 4 is 5.69 Å². The van der Waals surface area contributed by atoms with Gasteiger partial charge in [0.15, 0.2) is 6.61 Å². The van der Waals surface area contributed by atoms with Crippen LogP contribution in [0.25, 0.3) is 0 Å². The maximum atomic E-state index is 12.3. The molecule has 1 aliphatic carbocycles. The summed E-state index contributed by atoms with van der Waals surface area (Å²) in [6.45, 7) is 1.13. The third-order valence-electron chi connectivity index (χ3n) is 3.59. The first-order chi connectivity index (χ1) is 9.84. The van der Waals surface area contributed by atoms with Gasteiger partial charge in [-0.2, -0.15) is 18.4 Å². The number of alkyl halides is 3. The summed E-state index contributed by atoms with van der Waals surface area (Å²) in [6.07, 6.45) is -1.96. The highest BCUT2D eigenvalue weighted by Crippen LogP contribution is 2.48. The van der Waals surface area contributed by atoms with Crippen molar-refractivity contribution in [1.82, 2.24) is 0 Å². The first-order valence-electron chi connectivity index (χ1n) is 6.75. The van der Waals surface area contributed by atoms with E-state index in [0.29, 0.717) is 18.7 Å². The first kappa shape index (κ1) is 15.5. The average molecular weight is 298 g/mol. The Bertz CT molecular complexity index is 545. The molecule has 0 radical (unpaired) electrons. The molecule has 0 amide bonds. The maximum absolute atomic E-state index is 12.3. The van der Waals surface area contributed by atoms with Gasteiger partial charge in [-0.15, -0.1) is 0 Å². The number of hydrogen-bond donors (Lipinski definition) is 1. The predicted molar refractivity (Wildman–Crippen MR) is 73.1 cm³/mol. The quantitative estimate of drug-likeness (QED) is 0.862. The van der Waals surface area contributed by atoms with E-state index in [9.17, 15) is 13.2 Å². The van der Waals surface area contributed by atoms with E-state index in [1.165, 1.54) is 6.07 Å². The fourth-order valence-electron chi connectivity index (χ4n) is 2.11. The molecule has 1 fully saturated rings. The number of ether oxygens (including phenoxy) is 1. The molecular formula is C15H17F3N2O. The van der Waals surface area contributed by atoms with Gasteiger partial charge >= 0.3 is 6.18 Å². The summed E-state index contributed by atoms with van der Waals surface area (Å²) >= 11 is 0. The molecule has 0 aromatic heterocycles. The highest BCUT2D eigenvalue weighted by atomic mass is 19.4. The number of nitriles is 1. The largest absolute Gasteiger partial charge is 0.482 e. The van der Waals surface area contributed by atoms with E-state index in [0.717, 1.165) is 18.4 Å². The summed E-state index contributed by atoms with van der Waals surface area (Å²) in [5, 5.41) is 11.9. The average Bonchev–Trinajstić information content (AvgIpc) is 3.15. The summed E-state index contributed by atoms with van der Waals surface area (Å²) in [5.41, 5.74) is 1.45. The van der Waals surface area contributed by atoms with Crippen LogP contribution < -0.4 is 10.1 Å². The third kappa shape index (κ3) is 4.55. The van der Waals surface area contributed by atoms with Crippen molar-refractivity contribution in [2.24, 2.45) is 5.41 Å². The molecular weight excluding hydrogens is 281 g/mol. The third-order valence-corrected chi connectivity index (χ3v) is 3.59. The lowest BCUT2D eigenvalue weighted by molar-refractivity contribution is -0.153. The minimum atomic E-state index is -4.36. The number of benzene rings is 1. The molecule has 1 aromatic carbocycles. The highest BCUT2D eigenvalue weighted by molar-refractivity contribution is 5.58. The monoisotopic (exact) mass is 298 g/mol. The standard InChI is InChI=1S/C15H17F3N2O/c1-11-2-3-13(21-10-15(16,17)18)12(8-11)20-9-14(4-5-14)6-7-19/h2-3,8,20H,4-6,9-10H2,1H3. The van der Waals surface area contributed by atoms with Crippen LogP contribution in [-0.4, -0.2) is 19.3 Å². The Hall–Kier alpha value is -1.90. The van der Waals surface area contributed by atoms with Crippen molar-refractivity contribution in [3.63, 3.8) is 0 Å². The fraction of sp³-hybridized carbons (Fsp3) is 0.533. The van der Waals surface area contributed by atoms with Gasteiger partial charge < -0.3 is 10.1 Å². The lowest BCUT2D eigenvalue weighted by Gasteiger charge is -2.18. The van der Waals surface area contributed by atoms with Crippen molar-refractivity contribution in [3.8, 4) is 11.8 Å². The van der Waals surface area contributed by atoms with Crippen LogP contribution in [-0.2, 0) is 0 Å². The molecule has 6 heteroatoms. The van der Waals surface area contributed by atoms with E-state index in [-0.39, 0.29) is 11.2 Å². The molecule has 2 rings (SSSR count). The Balaban J connectivity index is 2.03. The summed E-state index contributed by atoms with van der Waals surface area (Å²) in [4.78, 5) is 0. The molecule has 0 atom stereocenters. The van der Waals surface area contributed by atoms with Crippen LogP contribution in [0.5, 0.6) is 5.75 Å². The van der Waals surface area contributed by atoms with Gasteiger partial charge in [-0.3, -0.25) is 0 Å². The summed E-state index contributed by atoms with van der Waals surface area (Å²) in [5.74, 6) is 0.186. The van der Waals surface area contributed by atoms with Gasteiger partial charge in [0.05, 0.1) is 11.8 Å². The number of halogens is 3. The number of rotatable bonds is 6.